The molecule has 2 atom stereocenters. The maximum absolute atomic E-state index is 9.36. The highest BCUT2D eigenvalue weighted by Gasteiger charge is 2.27. The van der Waals surface area contributed by atoms with Gasteiger partial charge >= 0.3 is 0 Å². The Morgan fingerprint density at radius 1 is 1.28 bits per heavy atom. The van der Waals surface area contributed by atoms with Crippen LogP contribution in [0.1, 0.15) is 60.3 Å². The van der Waals surface area contributed by atoms with Gasteiger partial charge in [-0.05, 0) is 52.7 Å². The number of unbranched alkanes of at least 4 members (excludes halogenated alkanes) is 1. The molecule has 0 radical (unpaired) electrons. The summed E-state index contributed by atoms with van der Waals surface area (Å²) in [6, 6.07) is 2.90. The lowest BCUT2D eigenvalue weighted by atomic mass is 9.94. The number of rotatable bonds is 10. The molecule has 0 aromatic carbocycles. The summed E-state index contributed by atoms with van der Waals surface area (Å²) in [6.07, 6.45) is 4.43. The minimum absolute atomic E-state index is 0.394. The first-order valence-electron chi connectivity index (χ1n) is 7.43. The topological polar surface area (TPSA) is 39.1 Å². The molecule has 0 aromatic heterocycles. The smallest absolute Gasteiger partial charge is 0.105 e. The van der Waals surface area contributed by atoms with Gasteiger partial charge in [-0.2, -0.15) is 5.26 Å². The average molecular weight is 253 g/mol. The Balaban J connectivity index is 4.38. The summed E-state index contributed by atoms with van der Waals surface area (Å²) in [6.45, 7) is 13.9. The van der Waals surface area contributed by atoms with Crippen molar-refractivity contribution in [3.05, 3.63) is 0 Å². The number of nitrogens with one attached hydrogen (secondary N) is 1. The van der Waals surface area contributed by atoms with Crippen LogP contribution < -0.4 is 5.32 Å². The van der Waals surface area contributed by atoms with Gasteiger partial charge in [0.1, 0.15) is 5.54 Å². The molecule has 18 heavy (non-hydrogen) atoms. The summed E-state index contributed by atoms with van der Waals surface area (Å²) < 4.78 is 0. The molecular formula is C15H31N3. The predicted molar refractivity (Wildman–Crippen MR) is 78.5 cm³/mol. The van der Waals surface area contributed by atoms with Crippen LogP contribution in [0.15, 0.2) is 0 Å². The largest absolute Gasteiger partial charge is 0.301 e. The Morgan fingerprint density at radius 2 is 1.94 bits per heavy atom. The molecule has 0 aromatic rings. The Bertz CT molecular complexity index is 247. The summed E-state index contributed by atoms with van der Waals surface area (Å²) in [5.41, 5.74) is -0.394. The molecule has 0 saturated heterocycles. The lowest BCUT2D eigenvalue weighted by Gasteiger charge is -2.33. The highest BCUT2D eigenvalue weighted by atomic mass is 15.1. The zero-order valence-corrected chi connectivity index (χ0v) is 12.9. The van der Waals surface area contributed by atoms with Crippen molar-refractivity contribution in [3.8, 4) is 6.07 Å². The molecule has 0 aliphatic rings. The second-order valence-corrected chi connectivity index (χ2v) is 5.41. The van der Waals surface area contributed by atoms with Crippen molar-refractivity contribution in [2.45, 2.75) is 71.9 Å². The van der Waals surface area contributed by atoms with E-state index in [-0.39, 0.29) is 0 Å². The van der Waals surface area contributed by atoms with Gasteiger partial charge in [-0.3, -0.25) is 5.32 Å². The quantitative estimate of drug-likeness (QED) is 0.650. The van der Waals surface area contributed by atoms with Crippen LogP contribution >= 0.6 is 0 Å². The molecule has 0 amide bonds. The second-order valence-electron chi connectivity index (χ2n) is 5.41. The number of nitriles is 1. The average Bonchev–Trinajstić information content (AvgIpc) is 2.37. The third kappa shape index (κ3) is 6.37. The van der Waals surface area contributed by atoms with E-state index in [4.69, 9.17) is 0 Å². The van der Waals surface area contributed by atoms with Gasteiger partial charge in [0.15, 0.2) is 0 Å². The van der Waals surface area contributed by atoms with E-state index in [0.717, 1.165) is 32.5 Å². The minimum Gasteiger partial charge on any atom is -0.301 e. The third-order valence-electron chi connectivity index (χ3n) is 3.54. The maximum atomic E-state index is 9.36. The summed E-state index contributed by atoms with van der Waals surface area (Å²) in [7, 11) is 0. The van der Waals surface area contributed by atoms with Gasteiger partial charge in [-0.1, -0.05) is 27.2 Å². The van der Waals surface area contributed by atoms with Gasteiger partial charge in [0.25, 0.3) is 0 Å². The second kappa shape index (κ2) is 9.35. The van der Waals surface area contributed by atoms with Crippen molar-refractivity contribution in [3.63, 3.8) is 0 Å². The Hall–Kier alpha value is -0.590. The Labute approximate surface area is 114 Å². The normalized spacial score (nSPS) is 16.3. The molecule has 0 bridgehead atoms. The number of hydrogen-bond donors (Lipinski definition) is 1. The molecule has 1 N–H and O–H groups in total. The SMILES string of the molecule is CCCCN(CC)C(C)CC(C)(C#N)NCCC. The van der Waals surface area contributed by atoms with Crippen LogP contribution in [-0.4, -0.2) is 36.1 Å². The van der Waals surface area contributed by atoms with Crippen molar-refractivity contribution in [1.82, 2.24) is 10.2 Å². The van der Waals surface area contributed by atoms with Crippen molar-refractivity contribution < 1.29 is 0 Å². The van der Waals surface area contributed by atoms with E-state index in [0.29, 0.717) is 6.04 Å². The molecule has 3 nitrogen and oxygen atoms in total. The third-order valence-corrected chi connectivity index (χ3v) is 3.54. The molecule has 2 unspecified atom stereocenters. The first-order chi connectivity index (χ1) is 8.52. The fraction of sp³-hybridized carbons (Fsp3) is 0.933. The van der Waals surface area contributed by atoms with E-state index in [9.17, 15) is 5.26 Å². The Morgan fingerprint density at radius 3 is 2.39 bits per heavy atom. The lowest BCUT2D eigenvalue weighted by Crippen LogP contribution is -2.47. The maximum Gasteiger partial charge on any atom is 0.105 e. The van der Waals surface area contributed by atoms with Crippen LogP contribution in [0.3, 0.4) is 0 Å². The Kier molecular flexibility index (Phi) is 9.05. The van der Waals surface area contributed by atoms with Crippen molar-refractivity contribution in [1.29, 1.82) is 5.26 Å². The molecule has 0 aliphatic heterocycles. The van der Waals surface area contributed by atoms with Crippen molar-refractivity contribution >= 4 is 0 Å². The van der Waals surface area contributed by atoms with Crippen LogP contribution in [-0.2, 0) is 0 Å². The highest BCUT2D eigenvalue weighted by Crippen LogP contribution is 2.16. The summed E-state index contributed by atoms with van der Waals surface area (Å²) >= 11 is 0. The molecule has 0 fully saturated rings. The molecule has 0 aliphatic carbocycles. The molecule has 0 saturated carbocycles. The van der Waals surface area contributed by atoms with E-state index < -0.39 is 5.54 Å². The molecule has 0 rings (SSSR count). The van der Waals surface area contributed by atoms with E-state index in [1.165, 1.54) is 12.8 Å². The van der Waals surface area contributed by atoms with E-state index in [1.54, 1.807) is 0 Å². The van der Waals surface area contributed by atoms with E-state index >= 15 is 0 Å². The van der Waals surface area contributed by atoms with Crippen molar-refractivity contribution in [2.75, 3.05) is 19.6 Å². The first-order valence-corrected chi connectivity index (χ1v) is 7.43. The van der Waals surface area contributed by atoms with Gasteiger partial charge in [0.05, 0.1) is 6.07 Å². The molecule has 0 spiro atoms. The van der Waals surface area contributed by atoms with Gasteiger partial charge in [-0.15, -0.1) is 0 Å². The summed E-state index contributed by atoms with van der Waals surface area (Å²) in [5, 5.41) is 12.7. The summed E-state index contributed by atoms with van der Waals surface area (Å²) in [5.74, 6) is 0. The van der Waals surface area contributed by atoms with E-state index in [2.05, 4.69) is 44.0 Å². The van der Waals surface area contributed by atoms with E-state index in [1.807, 2.05) is 6.92 Å². The van der Waals surface area contributed by atoms with Crippen molar-refractivity contribution in [2.24, 2.45) is 0 Å². The van der Waals surface area contributed by atoms with Gasteiger partial charge < -0.3 is 4.90 Å². The first kappa shape index (κ1) is 17.4. The fourth-order valence-corrected chi connectivity index (χ4v) is 2.33. The lowest BCUT2D eigenvalue weighted by molar-refractivity contribution is 0.182. The monoisotopic (exact) mass is 253 g/mol. The van der Waals surface area contributed by atoms with Crippen LogP contribution in [0, 0.1) is 11.3 Å². The standard InChI is InChI=1S/C15H31N3/c1-6-9-11-18(8-3)14(4)12-15(5,13-16)17-10-7-2/h14,17H,6-12H2,1-5H3. The van der Waals surface area contributed by atoms with Gasteiger partial charge in [0, 0.05) is 6.04 Å². The zero-order chi connectivity index (χ0) is 14.0. The molecule has 3 heteroatoms. The van der Waals surface area contributed by atoms with Crippen LogP contribution in [0.2, 0.25) is 0 Å². The van der Waals surface area contributed by atoms with Gasteiger partial charge in [-0.25, -0.2) is 0 Å². The number of nitrogens with zero attached hydrogens (tertiary/aromatic N) is 2. The van der Waals surface area contributed by atoms with Crippen LogP contribution in [0.5, 0.6) is 0 Å². The zero-order valence-electron chi connectivity index (χ0n) is 12.9. The molecular weight excluding hydrogens is 222 g/mol. The summed E-state index contributed by atoms with van der Waals surface area (Å²) in [4.78, 5) is 2.48. The predicted octanol–water partition coefficient (Wildman–Crippen LogP) is 3.17. The minimum atomic E-state index is -0.394. The van der Waals surface area contributed by atoms with Crippen LogP contribution in [0.25, 0.3) is 0 Å². The fourth-order valence-electron chi connectivity index (χ4n) is 2.33. The van der Waals surface area contributed by atoms with Crippen LogP contribution in [0.4, 0.5) is 0 Å². The number of hydrogen-bond acceptors (Lipinski definition) is 3. The van der Waals surface area contributed by atoms with Gasteiger partial charge in [0.2, 0.25) is 0 Å². The molecule has 106 valence electrons. The highest BCUT2D eigenvalue weighted by molar-refractivity contribution is 5.05. The molecule has 0 heterocycles.